The molecule has 1 amide bonds. The SMILES string of the molecule is CC(=O)N[C@@H]1[C@@H](O[C@@H]2O[C@@H](C)[C@H](O[C@H]3O[C@@H](C)[C@H](O)[C@@H](O)[C@H]3O)[C@@H](O)[C@H]2O)[C@H](O)[C@@H](CO)O[C@H]1O. The third-order valence-corrected chi connectivity index (χ3v) is 6.41. The Balaban J connectivity index is 1.72. The topological polar surface area (TPSA) is 237 Å². The van der Waals surface area contributed by atoms with Gasteiger partial charge in [0.2, 0.25) is 5.91 Å². The van der Waals surface area contributed by atoms with Gasteiger partial charge in [0.15, 0.2) is 18.9 Å². The number of aliphatic hydroxyl groups excluding tert-OH is 8. The van der Waals surface area contributed by atoms with Crippen molar-refractivity contribution < 1.29 is 69.3 Å². The van der Waals surface area contributed by atoms with E-state index < -0.39 is 105 Å². The van der Waals surface area contributed by atoms with Crippen LogP contribution in [0.5, 0.6) is 0 Å². The standard InChI is InChI=1S/C20H35NO14/c1-5-10(24)12(26)14(28)19(31-5)34-16-6(2)32-20(15(29)13(16)27)35-17-9(21-7(3)23)18(30)33-8(4-22)11(17)25/h5-6,8-20,22,24-30H,4H2,1-3H3,(H,21,23)/t5-,6-,8+,9+,10-,11+,12+,13-,14+,15+,16-,17+,18+,19+,20-/m0/s1. The number of hydrogen-bond donors (Lipinski definition) is 9. The molecule has 9 N–H and O–H groups in total. The van der Waals surface area contributed by atoms with Crippen LogP contribution < -0.4 is 5.32 Å². The second kappa shape index (κ2) is 11.6. The van der Waals surface area contributed by atoms with Gasteiger partial charge < -0.3 is 69.9 Å². The highest BCUT2D eigenvalue weighted by Crippen LogP contribution is 2.32. The quantitative estimate of drug-likeness (QED) is 0.161. The Bertz CT molecular complexity index is 715. The summed E-state index contributed by atoms with van der Waals surface area (Å²) in [4.78, 5) is 11.6. The molecule has 0 aromatic rings. The van der Waals surface area contributed by atoms with Crippen LogP contribution in [-0.4, -0.2) is 145 Å². The van der Waals surface area contributed by atoms with E-state index in [1.807, 2.05) is 0 Å². The highest BCUT2D eigenvalue weighted by Gasteiger charge is 2.52. The van der Waals surface area contributed by atoms with E-state index in [0.29, 0.717) is 0 Å². The van der Waals surface area contributed by atoms with Crippen molar-refractivity contribution in [2.45, 2.75) is 113 Å². The van der Waals surface area contributed by atoms with Crippen molar-refractivity contribution in [2.24, 2.45) is 0 Å². The minimum absolute atomic E-state index is 0.583. The molecule has 3 aliphatic heterocycles. The van der Waals surface area contributed by atoms with Crippen LogP contribution in [-0.2, 0) is 28.5 Å². The molecule has 204 valence electrons. The van der Waals surface area contributed by atoms with Crippen molar-refractivity contribution in [1.82, 2.24) is 5.32 Å². The monoisotopic (exact) mass is 513 g/mol. The van der Waals surface area contributed by atoms with Gasteiger partial charge in [-0.15, -0.1) is 0 Å². The predicted octanol–water partition coefficient (Wildman–Crippen LogP) is -5.37. The van der Waals surface area contributed by atoms with Gasteiger partial charge >= 0.3 is 0 Å². The lowest BCUT2D eigenvalue weighted by atomic mass is 9.95. The molecule has 0 saturated carbocycles. The molecule has 15 atom stereocenters. The van der Waals surface area contributed by atoms with Crippen molar-refractivity contribution >= 4 is 5.91 Å². The van der Waals surface area contributed by atoms with Gasteiger partial charge in [0.25, 0.3) is 0 Å². The zero-order valence-electron chi connectivity index (χ0n) is 19.4. The lowest BCUT2D eigenvalue weighted by Gasteiger charge is -2.48. The molecule has 0 aromatic carbocycles. The molecule has 0 aromatic heterocycles. The van der Waals surface area contributed by atoms with Crippen molar-refractivity contribution in [3.05, 3.63) is 0 Å². The van der Waals surface area contributed by atoms with Crippen LogP contribution >= 0.6 is 0 Å². The van der Waals surface area contributed by atoms with Gasteiger partial charge in [0.1, 0.15) is 61.0 Å². The van der Waals surface area contributed by atoms with Crippen LogP contribution in [0.2, 0.25) is 0 Å². The van der Waals surface area contributed by atoms with Crippen molar-refractivity contribution in [3.8, 4) is 0 Å². The number of nitrogens with one attached hydrogen (secondary N) is 1. The molecule has 15 heteroatoms. The van der Waals surface area contributed by atoms with Crippen LogP contribution in [0.4, 0.5) is 0 Å². The molecule has 0 radical (unpaired) electrons. The Morgan fingerprint density at radius 3 is 1.86 bits per heavy atom. The summed E-state index contributed by atoms with van der Waals surface area (Å²) in [7, 11) is 0. The molecule has 0 unspecified atom stereocenters. The summed E-state index contributed by atoms with van der Waals surface area (Å²) in [6.07, 6.45) is -20.2. The van der Waals surface area contributed by atoms with E-state index in [1.165, 1.54) is 13.8 Å². The molecule has 3 rings (SSSR count). The lowest BCUT2D eigenvalue weighted by Crippen LogP contribution is -2.68. The molecule has 3 heterocycles. The van der Waals surface area contributed by atoms with Crippen LogP contribution in [0.3, 0.4) is 0 Å². The maximum Gasteiger partial charge on any atom is 0.217 e. The van der Waals surface area contributed by atoms with Crippen molar-refractivity contribution in [3.63, 3.8) is 0 Å². The first-order valence-corrected chi connectivity index (χ1v) is 11.3. The second-order valence-electron chi connectivity index (χ2n) is 9.04. The summed E-state index contributed by atoms with van der Waals surface area (Å²) in [5.74, 6) is -0.583. The summed E-state index contributed by atoms with van der Waals surface area (Å²) in [5, 5.41) is 83.9. The summed E-state index contributed by atoms with van der Waals surface area (Å²) < 4.78 is 27.3. The van der Waals surface area contributed by atoms with E-state index in [9.17, 15) is 45.6 Å². The maximum atomic E-state index is 11.6. The van der Waals surface area contributed by atoms with Crippen LogP contribution in [0, 0.1) is 0 Å². The fourth-order valence-corrected chi connectivity index (χ4v) is 4.38. The first kappa shape index (κ1) is 28.5. The van der Waals surface area contributed by atoms with E-state index in [2.05, 4.69) is 5.32 Å². The van der Waals surface area contributed by atoms with Crippen LogP contribution in [0.15, 0.2) is 0 Å². The second-order valence-corrected chi connectivity index (χ2v) is 9.04. The molecular formula is C20H35NO14. The summed E-state index contributed by atoms with van der Waals surface area (Å²) in [6.45, 7) is 3.38. The third kappa shape index (κ3) is 5.93. The van der Waals surface area contributed by atoms with E-state index in [0.717, 1.165) is 6.92 Å². The van der Waals surface area contributed by atoms with E-state index in [1.54, 1.807) is 0 Å². The van der Waals surface area contributed by atoms with Crippen molar-refractivity contribution in [2.75, 3.05) is 6.61 Å². The predicted molar refractivity (Wildman–Crippen MR) is 110 cm³/mol. The number of ether oxygens (including phenoxy) is 5. The van der Waals surface area contributed by atoms with Gasteiger partial charge in [-0.1, -0.05) is 0 Å². The van der Waals surface area contributed by atoms with Gasteiger partial charge in [0, 0.05) is 6.92 Å². The van der Waals surface area contributed by atoms with E-state index >= 15 is 0 Å². The summed E-state index contributed by atoms with van der Waals surface area (Å²) in [6, 6.07) is -1.30. The van der Waals surface area contributed by atoms with Gasteiger partial charge in [-0.3, -0.25) is 4.79 Å². The molecule has 0 aliphatic carbocycles. The molecule has 3 aliphatic rings. The number of hydrogen-bond acceptors (Lipinski definition) is 14. The molecule has 15 nitrogen and oxygen atoms in total. The Labute approximate surface area is 200 Å². The van der Waals surface area contributed by atoms with Gasteiger partial charge in [-0.05, 0) is 13.8 Å². The summed E-state index contributed by atoms with van der Waals surface area (Å²) in [5.41, 5.74) is 0. The molecule has 3 saturated heterocycles. The number of amides is 1. The zero-order chi connectivity index (χ0) is 26.2. The minimum atomic E-state index is -1.78. The Kier molecular flexibility index (Phi) is 9.42. The first-order valence-electron chi connectivity index (χ1n) is 11.3. The number of aliphatic hydroxyl groups is 8. The molecular weight excluding hydrogens is 478 g/mol. The largest absolute Gasteiger partial charge is 0.394 e. The van der Waals surface area contributed by atoms with E-state index in [-0.39, 0.29) is 0 Å². The highest BCUT2D eigenvalue weighted by molar-refractivity contribution is 5.73. The molecule has 3 fully saturated rings. The normalized spacial score (nSPS) is 51.1. The Morgan fingerprint density at radius 1 is 0.743 bits per heavy atom. The molecule has 0 bridgehead atoms. The maximum absolute atomic E-state index is 11.6. The molecule has 35 heavy (non-hydrogen) atoms. The number of carbonyl (C=O) groups is 1. The van der Waals surface area contributed by atoms with Gasteiger partial charge in [-0.25, -0.2) is 0 Å². The number of carbonyl (C=O) groups excluding carboxylic acids is 1. The Hall–Kier alpha value is -1.05. The average Bonchev–Trinajstić information content (AvgIpc) is 2.80. The van der Waals surface area contributed by atoms with E-state index in [4.69, 9.17) is 23.7 Å². The smallest absolute Gasteiger partial charge is 0.217 e. The van der Waals surface area contributed by atoms with Gasteiger partial charge in [-0.2, -0.15) is 0 Å². The molecule has 0 spiro atoms. The van der Waals surface area contributed by atoms with Crippen LogP contribution in [0.1, 0.15) is 20.8 Å². The fraction of sp³-hybridized carbons (Fsp3) is 0.950. The lowest BCUT2D eigenvalue weighted by molar-refractivity contribution is -0.366. The minimum Gasteiger partial charge on any atom is -0.394 e. The zero-order valence-corrected chi connectivity index (χ0v) is 19.4. The number of rotatable bonds is 6. The average molecular weight is 513 g/mol. The fourth-order valence-electron chi connectivity index (χ4n) is 4.38. The highest BCUT2D eigenvalue weighted by atomic mass is 16.7. The van der Waals surface area contributed by atoms with Crippen molar-refractivity contribution in [1.29, 1.82) is 0 Å². The Morgan fingerprint density at radius 2 is 1.29 bits per heavy atom. The first-order chi connectivity index (χ1) is 16.4. The summed E-state index contributed by atoms with van der Waals surface area (Å²) >= 11 is 0. The van der Waals surface area contributed by atoms with Crippen LogP contribution in [0.25, 0.3) is 0 Å². The third-order valence-electron chi connectivity index (χ3n) is 6.41. The van der Waals surface area contributed by atoms with Gasteiger partial charge in [0.05, 0.1) is 18.8 Å².